The van der Waals surface area contributed by atoms with Crippen LogP contribution in [0.5, 0.6) is 5.75 Å². The van der Waals surface area contributed by atoms with Crippen LogP contribution < -0.4 is 26.1 Å². The number of alkyl carbamates (subject to hydrolysis) is 1. The minimum Gasteiger partial charge on any atom is -0.484 e. The van der Waals surface area contributed by atoms with Crippen molar-refractivity contribution in [1.82, 2.24) is 21.4 Å². The number of rotatable bonds is 18. The number of fused-ring (bicyclic) bond motifs is 3. The molecule has 1 aliphatic carbocycles. The van der Waals surface area contributed by atoms with Gasteiger partial charge >= 0.3 is 18.1 Å². The molecule has 0 spiro atoms. The first kappa shape index (κ1) is 43.6. The van der Waals surface area contributed by atoms with Gasteiger partial charge in [-0.25, -0.2) is 15.0 Å². The fraction of sp³-hybridized carbons (Fsp3) is 0.341. The van der Waals surface area contributed by atoms with E-state index in [0.29, 0.717) is 35.2 Å². The number of benzene rings is 4. The van der Waals surface area contributed by atoms with Gasteiger partial charge in [0.1, 0.15) is 18.0 Å². The number of halogens is 1. The van der Waals surface area contributed by atoms with Gasteiger partial charge in [0.05, 0.1) is 18.2 Å². The van der Waals surface area contributed by atoms with Crippen molar-refractivity contribution in [3.63, 3.8) is 0 Å². The number of esters is 1. The van der Waals surface area contributed by atoms with Crippen LogP contribution >= 0.6 is 23.4 Å². The van der Waals surface area contributed by atoms with Crippen LogP contribution in [-0.2, 0) is 31.2 Å². The molecule has 0 heterocycles. The van der Waals surface area contributed by atoms with Gasteiger partial charge in [-0.2, -0.15) is 16.9 Å². The summed E-state index contributed by atoms with van der Waals surface area (Å²) in [5, 5.41) is 13.4. The monoisotopic (exact) mass is 827 g/mol. The van der Waals surface area contributed by atoms with Crippen molar-refractivity contribution in [2.75, 3.05) is 32.1 Å². The average molecular weight is 828 g/mol. The van der Waals surface area contributed by atoms with Gasteiger partial charge in [-0.05, 0) is 85.7 Å². The number of nitrogens with zero attached hydrogens (tertiary/aromatic N) is 1. The molecule has 0 bridgehead atoms. The van der Waals surface area contributed by atoms with Gasteiger partial charge < -0.3 is 30.2 Å². The quantitative estimate of drug-likeness (QED) is 0.0454. The van der Waals surface area contributed by atoms with Gasteiger partial charge in [-0.3, -0.25) is 9.59 Å². The summed E-state index contributed by atoms with van der Waals surface area (Å²) in [4.78, 5) is 51.5. The third kappa shape index (κ3) is 13.3. The summed E-state index contributed by atoms with van der Waals surface area (Å²) in [5.41, 5.74) is 8.24. The zero-order chi connectivity index (χ0) is 41.5. The van der Waals surface area contributed by atoms with Crippen LogP contribution in [0.2, 0.25) is 5.02 Å². The van der Waals surface area contributed by atoms with Crippen LogP contribution in [0, 0.1) is 0 Å². The Bertz CT molecular complexity index is 2030. The molecule has 4 aromatic carbocycles. The highest BCUT2D eigenvalue weighted by Crippen LogP contribution is 2.44. The van der Waals surface area contributed by atoms with Gasteiger partial charge in [0.25, 0.3) is 5.91 Å². The number of nitrogens with one attached hydrogen (secondary N) is 4. The average Bonchev–Trinajstić information content (AvgIpc) is 3.51. The predicted octanol–water partition coefficient (Wildman–Crippen LogP) is 7.63. The Kier molecular flexibility index (Phi) is 16.0. The van der Waals surface area contributed by atoms with E-state index in [1.54, 1.807) is 39.0 Å². The normalized spacial score (nSPS) is 12.7. The second-order valence-corrected chi connectivity index (χ2v) is 15.9. The Morgan fingerprint density at radius 2 is 1.52 bits per heavy atom. The molecule has 4 N–H and O–H groups in total. The third-order valence-electron chi connectivity index (χ3n) is 8.96. The lowest BCUT2D eigenvalue weighted by Gasteiger charge is -2.24. The molecule has 0 aromatic heterocycles. The van der Waals surface area contributed by atoms with Crippen molar-refractivity contribution in [2.45, 2.75) is 63.9 Å². The van der Waals surface area contributed by atoms with Crippen LogP contribution in [0.15, 0.2) is 102 Å². The number of carbonyl (C=O) groups excluding carboxylic acids is 4. The molecule has 12 nitrogen and oxygen atoms in total. The molecule has 306 valence electrons. The third-order valence-corrected chi connectivity index (χ3v) is 10.3. The highest BCUT2D eigenvalue weighted by Gasteiger charge is 2.31. The molecule has 14 heteroatoms. The lowest BCUT2D eigenvalue weighted by atomic mass is 9.98. The molecule has 1 atom stereocenters. The van der Waals surface area contributed by atoms with E-state index in [2.05, 4.69) is 38.6 Å². The maximum atomic E-state index is 13.6. The van der Waals surface area contributed by atoms with Crippen molar-refractivity contribution < 1.29 is 33.4 Å². The SMILES string of the molecule is CCNC(=O)COc1ccc(CCNC(=O)N/N=C(/CSCc2ccccc2Cl)[C@H](CC(=O)OC(C)(C)C)NC(=O)OCC2c3ccccc3-c3ccccc32)cc1. The number of urea groups is 1. The minimum absolute atomic E-state index is 0.0687. The molecule has 4 aromatic rings. The molecule has 0 unspecified atom stereocenters. The van der Waals surface area contributed by atoms with Crippen molar-refractivity contribution >= 4 is 53.1 Å². The maximum Gasteiger partial charge on any atom is 0.407 e. The Labute approximate surface area is 348 Å². The summed E-state index contributed by atoms with van der Waals surface area (Å²) in [6.07, 6.45) is -0.498. The number of amides is 4. The number of hydrazone groups is 1. The number of ether oxygens (including phenoxy) is 3. The van der Waals surface area contributed by atoms with Crippen molar-refractivity contribution in [2.24, 2.45) is 5.10 Å². The van der Waals surface area contributed by atoms with Gasteiger partial charge in [0.2, 0.25) is 0 Å². The molecule has 0 saturated heterocycles. The minimum atomic E-state index is -0.988. The largest absolute Gasteiger partial charge is 0.484 e. The topological polar surface area (TPSA) is 156 Å². The van der Waals surface area contributed by atoms with E-state index in [1.165, 1.54) is 11.8 Å². The van der Waals surface area contributed by atoms with Crippen LogP contribution in [0.1, 0.15) is 62.3 Å². The Morgan fingerprint density at radius 1 is 0.862 bits per heavy atom. The molecule has 4 amide bonds. The zero-order valence-electron chi connectivity index (χ0n) is 33.1. The summed E-state index contributed by atoms with van der Waals surface area (Å²) in [6.45, 7) is 7.93. The second-order valence-electron chi connectivity index (χ2n) is 14.5. The Balaban J connectivity index is 1.27. The number of likely N-dealkylation sites (N-methyl/N-ethyl adjacent to an activating group) is 1. The number of thioether (sulfide) groups is 1. The number of hydrogen-bond acceptors (Lipinski definition) is 9. The highest BCUT2D eigenvalue weighted by molar-refractivity contribution is 7.99. The summed E-state index contributed by atoms with van der Waals surface area (Å²) < 4.78 is 17.0. The van der Waals surface area contributed by atoms with E-state index < -0.39 is 29.7 Å². The zero-order valence-corrected chi connectivity index (χ0v) is 34.7. The molecule has 5 rings (SSSR count). The van der Waals surface area contributed by atoms with Crippen molar-refractivity contribution in [1.29, 1.82) is 0 Å². The van der Waals surface area contributed by atoms with E-state index in [0.717, 1.165) is 33.4 Å². The lowest BCUT2D eigenvalue weighted by molar-refractivity contribution is -0.155. The first-order chi connectivity index (χ1) is 27.9. The first-order valence-corrected chi connectivity index (χ1v) is 20.7. The maximum absolute atomic E-state index is 13.6. The first-order valence-electron chi connectivity index (χ1n) is 19.1. The summed E-state index contributed by atoms with van der Waals surface area (Å²) in [6, 6.07) is 29.2. The lowest BCUT2D eigenvalue weighted by Crippen LogP contribution is -2.46. The molecule has 0 saturated carbocycles. The van der Waals surface area contributed by atoms with Crippen molar-refractivity contribution in [3.05, 3.63) is 124 Å². The second kappa shape index (κ2) is 21.3. The van der Waals surface area contributed by atoms with Crippen LogP contribution in [0.3, 0.4) is 0 Å². The van der Waals surface area contributed by atoms with Gasteiger partial charge in [0, 0.05) is 35.5 Å². The van der Waals surface area contributed by atoms with Gasteiger partial charge in [0.15, 0.2) is 6.61 Å². The molecular formula is C44H50ClN5O7S. The summed E-state index contributed by atoms with van der Waals surface area (Å²) in [7, 11) is 0. The smallest absolute Gasteiger partial charge is 0.407 e. The molecule has 1 aliphatic rings. The molecular weight excluding hydrogens is 778 g/mol. The molecule has 58 heavy (non-hydrogen) atoms. The van der Waals surface area contributed by atoms with Crippen LogP contribution in [0.4, 0.5) is 9.59 Å². The fourth-order valence-electron chi connectivity index (χ4n) is 6.31. The predicted molar refractivity (Wildman–Crippen MR) is 228 cm³/mol. The number of carbonyl (C=O) groups is 4. The molecule has 0 fully saturated rings. The van der Waals surface area contributed by atoms with Crippen LogP contribution in [-0.4, -0.2) is 73.4 Å². The molecule has 0 radical (unpaired) electrons. The van der Waals surface area contributed by atoms with E-state index in [4.69, 9.17) is 25.8 Å². The molecule has 0 aliphatic heterocycles. The summed E-state index contributed by atoms with van der Waals surface area (Å²) in [5.74, 6) is 0.350. The van der Waals surface area contributed by atoms with Crippen molar-refractivity contribution in [3.8, 4) is 16.9 Å². The van der Waals surface area contributed by atoms with Crippen LogP contribution in [0.25, 0.3) is 11.1 Å². The standard InChI is InChI=1S/C44H50ClN5O7S/c1-5-46-40(51)26-55-31-20-18-29(19-21-31)22-23-47-42(53)50-49-39(28-58-27-30-12-6-11-17-37(30)45)38(24-41(52)57-44(2,3)4)48-43(54)56-25-36-34-15-9-7-13-32(34)33-14-8-10-16-35(33)36/h6-21,36,38H,5,22-28H2,1-4H3,(H,46,51)(H,48,54)(H2,47,50,53)/b49-39-/t38-/m0/s1. The van der Waals surface area contributed by atoms with E-state index in [-0.39, 0.29) is 43.8 Å². The van der Waals surface area contributed by atoms with E-state index in [9.17, 15) is 19.2 Å². The van der Waals surface area contributed by atoms with Gasteiger partial charge in [-0.15, -0.1) is 0 Å². The van der Waals surface area contributed by atoms with E-state index in [1.807, 2.05) is 73.7 Å². The fourth-order valence-corrected chi connectivity index (χ4v) is 7.64. The van der Waals surface area contributed by atoms with E-state index >= 15 is 0 Å². The highest BCUT2D eigenvalue weighted by atomic mass is 35.5. The Morgan fingerprint density at radius 3 is 2.17 bits per heavy atom. The van der Waals surface area contributed by atoms with Gasteiger partial charge in [-0.1, -0.05) is 90.5 Å². The Hall–Kier alpha value is -5.53. The summed E-state index contributed by atoms with van der Waals surface area (Å²) >= 11 is 7.88. The number of hydrogen-bond donors (Lipinski definition) is 4.